The van der Waals surface area contributed by atoms with Crippen molar-refractivity contribution in [3.05, 3.63) is 21.1 Å². The largest absolute Gasteiger partial charge is 0.423 e. The van der Waals surface area contributed by atoms with Crippen LogP contribution < -0.4 is 9.42 Å². The predicted octanol–water partition coefficient (Wildman–Crippen LogP) is 6.23. The maximum atomic E-state index is 3.87. The third-order valence-corrected chi connectivity index (χ3v) is 13.8. The van der Waals surface area contributed by atoms with E-state index in [-0.39, 0.29) is 0 Å². The summed E-state index contributed by atoms with van der Waals surface area (Å²) < 4.78 is 5.26. The van der Waals surface area contributed by atoms with Crippen molar-refractivity contribution in [2.75, 3.05) is 4.23 Å². The molecule has 1 aromatic carbocycles. The molecule has 0 bridgehead atoms. The van der Waals surface area contributed by atoms with Gasteiger partial charge in [0.05, 0.1) is 8.07 Å². The molecular formula is C15H29Br2NSi3. The van der Waals surface area contributed by atoms with Gasteiger partial charge < -0.3 is 4.23 Å². The Morgan fingerprint density at radius 1 is 0.714 bits per heavy atom. The number of rotatable bonds is 4. The summed E-state index contributed by atoms with van der Waals surface area (Å²) in [7, 11) is -4.19. The van der Waals surface area contributed by atoms with Gasteiger partial charge in [-0.05, 0) is 44.0 Å². The van der Waals surface area contributed by atoms with E-state index in [0.717, 1.165) is 0 Å². The van der Waals surface area contributed by atoms with Crippen molar-refractivity contribution in [3.63, 3.8) is 0 Å². The van der Waals surface area contributed by atoms with Gasteiger partial charge in [0.1, 0.15) is 16.5 Å². The molecule has 0 fully saturated rings. The van der Waals surface area contributed by atoms with Gasteiger partial charge in [-0.25, -0.2) is 0 Å². The molecule has 0 atom stereocenters. The Labute approximate surface area is 151 Å². The smallest absolute Gasteiger partial charge is 0.138 e. The van der Waals surface area contributed by atoms with E-state index >= 15 is 0 Å². The van der Waals surface area contributed by atoms with E-state index < -0.39 is 24.5 Å². The molecule has 1 nitrogen and oxygen atoms in total. The van der Waals surface area contributed by atoms with Crippen molar-refractivity contribution in [2.45, 2.75) is 58.9 Å². The van der Waals surface area contributed by atoms with Crippen LogP contribution >= 0.6 is 31.9 Å². The van der Waals surface area contributed by atoms with Gasteiger partial charge in [-0.1, -0.05) is 64.1 Å². The molecule has 0 aliphatic heterocycles. The van der Waals surface area contributed by atoms with E-state index in [1.54, 1.807) is 0 Å². The van der Waals surface area contributed by atoms with Gasteiger partial charge >= 0.3 is 0 Å². The summed E-state index contributed by atoms with van der Waals surface area (Å²) in [6.45, 7) is 21.8. The lowest BCUT2D eigenvalue weighted by atomic mass is 10.3. The minimum absolute atomic E-state index is 1.25. The lowest BCUT2D eigenvalue weighted by Gasteiger charge is -2.47. The molecule has 0 aliphatic carbocycles. The predicted molar refractivity (Wildman–Crippen MR) is 114 cm³/mol. The monoisotopic (exact) mass is 465 g/mol. The highest BCUT2D eigenvalue weighted by Gasteiger charge is 2.37. The summed E-state index contributed by atoms with van der Waals surface area (Å²) in [6.07, 6.45) is 0. The van der Waals surface area contributed by atoms with Gasteiger partial charge in [-0.2, -0.15) is 0 Å². The number of hydrogen-bond donors (Lipinski definition) is 0. The van der Waals surface area contributed by atoms with Gasteiger partial charge in [0.25, 0.3) is 0 Å². The molecule has 0 spiro atoms. The highest BCUT2D eigenvalue weighted by Crippen LogP contribution is 2.39. The second kappa shape index (κ2) is 6.26. The second-order valence-corrected chi connectivity index (χ2v) is 25.5. The summed E-state index contributed by atoms with van der Waals surface area (Å²) >= 11 is 7.74. The topological polar surface area (TPSA) is 3.24 Å². The van der Waals surface area contributed by atoms with Crippen LogP contribution in [0.25, 0.3) is 0 Å². The molecule has 0 unspecified atom stereocenters. The standard InChI is InChI=1S/C15H29Br2NSi3/c1-19(2,3)12-10-13(16)15(14(17)11-12)18(20(4,5)6)21(7,8)9/h10-11H,1-9H3. The van der Waals surface area contributed by atoms with Crippen molar-refractivity contribution in [1.82, 2.24) is 0 Å². The van der Waals surface area contributed by atoms with E-state index in [1.165, 1.54) is 19.8 Å². The van der Waals surface area contributed by atoms with Crippen LogP contribution in [-0.4, -0.2) is 24.5 Å². The SMILES string of the molecule is C[Si](C)(C)c1cc(Br)c(N([Si](C)(C)C)[Si](C)(C)C)c(Br)c1. The van der Waals surface area contributed by atoms with Crippen LogP contribution in [0.2, 0.25) is 58.9 Å². The molecule has 1 aromatic rings. The molecule has 0 aliphatic rings. The first-order chi connectivity index (χ1) is 9.15. The molecule has 0 saturated carbocycles. The lowest BCUT2D eigenvalue weighted by molar-refractivity contribution is 1.33. The third-order valence-electron chi connectivity index (χ3n) is 3.45. The van der Waals surface area contributed by atoms with Crippen LogP contribution in [0.15, 0.2) is 21.1 Å². The van der Waals surface area contributed by atoms with Crippen LogP contribution in [0.1, 0.15) is 0 Å². The molecule has 0 saturated heterocycles. The van der Waals surface area contributed by atoms with E-state index in [1.807, 2.05) is 0 Å². The Kier molecular flexibility index (Phi) is 5.87. The number of nitrogens with zero attached hydrogens (tertiary/aromatic N) is 1. The Morgan fingerprint density at radius 3 is 1.29 bits per heavy atom. The van der Waals surface area contributed by atoms with Gasteiger partial charge in [-0.3, -0.25) is 0 Å². The fourth-order valence-electron chi connectivity index (χ4n) is 2.89. The van der Waals surface area contributed by atoms with Crippen molar-refractivity contribution >= 4 is 67.3 Å². The zero-order chi connectivity index (χ0) is 16.8. The summed E-state index contributed by atoms with van der Waals surface area (Å²) in [5.74, 6) is 0. The maximum absolute atomic E-state index is 3.87. The average molecular weight is 467 g/mol. The Hall–Kier alpha value is 0.631. The fraction of sp³-hybridized carbons (Fsp3) is 0.600. The zero-order valence-electron chi connectivity index (χ0n) is 14.9. The molecule has 21 heavy (non-hydrogen) atoms. The Balaban J connectivity index is 3.56. The number of halogens is 2. The van der Waals surface area contributed by atoms with Crippen molar-refractivity contribution in [1.29, 1.82) is 0 Å². The average Bonchev–Trinajstić information content (AvgIpc) is 2.17. The normalized spacial score (nSPS) is 13.5. The molecule has 6 heteroatoms. The summed E-state index contributed by atoms with van der Waals surface area (Å²) in [4.78, 5) is 0. The van der Waals surface area contributed by atoms with Gasteiger partial charge in [0.2, 0.25) is 0 Å². The molecule has 0 amide bonds. The van der Waals surface area contributed by atoms with E-state index in [0.29, 0.717) is 0 Å². The van der Waals surface area contributed by atoms with Crippen LogP contribution in [0.3, 0.4) is 0 Å². The Bertz CT molecular complexity index is 488. The first-order valence-electron chi connectivity index (χ1n) is 7.45. The Morgan fingerprint density at radius 2 is 1.05 bits per heavy atom. The minimum atomic E-state index is -1.44. The van der Waals surface area contributed by atoms with Crippen LogP contribution in [0.5, 0.6) is 0 Å². The fourth-order valence-corrected chi connectivity index (χ4v) is 16.5. The molecule has 0 radical (unpaired) electrons. The minimum Gasteiger partial charge on any atom is -0.423 e. The highest BCUT2D eigenvalue weighted by molar-refractivity contribution is 9.11. The molecular weight excluding hydrogens is 438 g/mol. The third kappa shape index (κ3) is 4.80. The lowest BCUT2D eigenvalue weighted by Crippen LogP contribution is -2.60. The van der Waals surface area contributed by atoms with Gasteiger partial charge in [-0.15, -0.1) is 0 Å². The number of anilines is 1. The first kappa shape index (κ1) is 19.7. The quantitative estimate of drug-likeness (QED) is 0.475. The number of hydrogen-bond acceptors (Lipinski definition) is 1. The summed E-state index contributed by atoms with van der Waals surface area (Å²) in [5, 5.41) is 1.50. The van der Waals surface area contributed by atoms with Crippen molar-refractivity contribution in [2.24, 2.45) is 0 Å². The second-order valence-electron chi connectivity index (χ2n) is 8.72. The van der Waals surface area contributed by atoms with Crippen molar-refractivity contribution in [3.8, 4) is 0 Å². The summed E-state index contributed by atoms with van der Waals surface area (Å²) in [6, 6.07) is 4.72. The van der Waals surface area contributed by atoms with E-state index in [9.17, 15) is 0 Å². The zero-order valence-corrected chi connectivity index (χ0v) is 21.0. The van der Waals surface area contributed by atoms with Crippen LogP contribution in [0.4, 0.5) is 5.69 Å². The molecule has 0 N–H and O–H groups in total. The first-order valence-corrected chi connectivity index (χ1v) is 19.4. The van der Waals surface area contributed by atoms with E-state index in [4.69, 9.17) is 0 Å². The number of benzene rings is 1. The van der Waals surface area contributed by atoms with Gasteiger partial charge in [0.15, 0.2) is 0 Å². The van der Waals surface area contributed by atoms with Crippen LogP contribution in [0, 0.1) is 0 Å². The van der Waals surface area contributed by atoms with E-state index in [2.05, 4.69) is 107 Å². The van der Waals surface area contributed by atoms with Crippen LogP contribution in [-0.2, 0) is 0 Å². The molecule has 0 heterocycles. The van der Waals surface area contributed by atoms with Crippen molar-refractivity contribution < 1.29 is 0 Å². The summed E-state index contributed by atoms with van der Waals surface area (Å²) in [5.41, 5.74) is 1.37. The molecule has 0 aromatic heterocycles. The van der Waals surface area contributed by atoms with Gasteiger partial charge in [0, 0.05) is 14.6 Å². The molecule has 120 valence electrons. The maximum Gasteiger partial charge on any atom is 0.138 e. The highest BCUT2D eigenvalue weighted by atomic mass is 79.9. The molecule has 1 rings (SSSR count).